The van der Waals surface area contributed by atoms with Crippen molar-refractivity contribution >= 4 is 51.1 Å². The first kappa shape index (κ1) is 30.2. The van der Waals surface area contributed by atoms with Crippen LogP contribution in [0, 0.1) is 17.8 Å². The minimum Gasteiger partial charge on any atom is -0.494 e. The molecule has 0 radical (unpaired) electrons. The summed E-state index contributed by atoms with van der Waals surface area (Å²) in [5, 5.41) is 16.5. The van der Waals surface area contributed by atoms with Crippen molar-refractivity contribution in [3.63, 3.8) is 0 Å². The highest BCUT2D eigenvalue weighted by Gasteiger charge is 2.76. The fraction of sp³-hybridized carbons (Fsp3) is 0.690. The largest absolute Gasteiger partial charge is 0.494 e. The molecule has 3 aliphatic rings. The van der Waals surface area contributed by atoms with Gasteiger partial charge in [0.1, 0.15) is 11.8 Å². The third-order valence-corrected chi connectivity index (χ3v) is 11.9. The Morgan fingerprint density at radius 3 is 2.49 bits per heavy atom. The maximum atomic E-state index is 14.3. The van der Waals surface area contributed by atoms with Crippen LogP contribution in [0.2, 0.25) is 0 Å². The van der Waals surface area contributed by atoms with Crippen molar-refractivity contribution < 1.29 is 24.2 Å². The number of aliphatic hydroxyl groups excluding tert-OH is 1. The number of aliphatic hydroxyl groups is 1. The predicted octanol–water partition coefficient (Wildman–Crippen LogP) is 4.20. The van der Waals surface area contributed by atoms with Crippen molar-refractivity contribution in [3.8, 4) is 5.75 Å². The molecule has 4 unspecified atom stereocenters. The zero-order valence-corrected chi connectivity index (χ0v) is 25.9. The van der Waals surface area contributed by atoms with E-state index in [0.29, 0.717) is 18.7 Å². The molecule has 216 valence electrons. The van der Waals surface area contributed by atoms with Gasteiger partial charge in [-0.3, -0.25) is 14.4 Å². The van der Waals surface area contributed by atoms with Crippen molar-refractivity contribution in [2.75, 3.05) is 18.5 Å². The number of carbonyl (C=O) groups is 3. The molecule has 9 atom stereocenters. The number of amides is 3. The molecule has 1 aromatic carbocycles. The molecule has 4 rings (SSSR count). The molecular weight excluding hydrogens is 582 g/mol. The van der Waals surface area contributed by atoms with E-state index in [1.807, 2.05) is 39.8 Å². The van der Waals surface area contributed by atoms with Crippen LogP contribution in [0.3, 0.4) is 0 Å². The molecule has 2 bridgehead atoms. The first-order chi connectivity index (χ1) is 18.6. The summed E-state index contributed by atoms with van der Waals surface area (Å²) in [5.41, 5.74) is 0.634. The van der Waals surface area contributed by atoms with E-state index in [1.54, 1.807) is 28.8 Å². The van der Waals surface area contributed by atoms with Gasteiger partial charge in [0.25, 0.3) is 0 Å². The number of halogens is 1. The number of fused-ring (bicyclic) bond motifs is 1. The van der Waals surface area contributed by atoms with Crippen LogP contribution in [-0.2, 0) is 14.4 Å². The molecular formula is C29H42BrN3O5S. The SMILES string of the molecule is CCCC(C)NC(=O)C1N([C@@H](CO)[C@@H](C)CC)C(=O)[C@@H]2[C@@H](C(=O)Nc3ccc(OCC)cc3)[C@@H]3SC12CC3Br. The standard InChI is InChI=1S/C29H42BrN3O5S/c1-6-9-17(5)31-27(36)25-29-14-20(30)24(39-29)22(23(29)28(37)33(25)21(15-34)16(4)7-2)26(35)32-18-10-12-19(13-11-18)38-8-3/h10-13,16-17,20-25,34H,6-9,14-15H2,1-5H3,(H,31,36)(H,32,35)/t16-,17?,20?,21-,22+,23-,24+,25?,29?/m0/s1. The topological polar surface area (TPSA) is 108 Å². The maximum absolute atomic E-state index is 14.3. The van der Waals surface area contributed by atoms with Crippen LogP contribution >= 0.6 is 27.7 Å². The Bertz CT molecular complexity index is 1060. The maximum Gasteiger partial charge on any atom is 0.244 e. The van der Waals surface area contributed by atoms with Gasteiger partial charge in [-0.2, -0.15) is 0 Å². The minimum absolute atomic E-state index is 0.00404. The Morgan fingerprint density at radius 1 is 1.21 bits per heavy atom. The molecule has 10 heteroatoms. The van der Waals surface area contributed by atoms with Gasteiger partial charge in [-0.15, -0.1) is 11.8 Å². The summed E-state index contributed by atoms with van der Waals surface area (Å²) < 4.78 is 4.77. The molecule has 1 spiro atoms. The molecule has 3 N–H and O–H groups in total. The lowest BCUT2D eigenvalue weighted by atomic mass is 9.70. The number of anilines is 1. The lowest BCUT2D eigenvalue weighted by molar-refractivity contribution is -0.143. The number of nitrogens with zero attached hydrogens (tertiary/aromatic N) is 1. The van der Waals surface area contributed by atoms with Crippen molar-refractivity contribution in [1.82, 2.24) is 10.2 Å². The second-order valence-electron chi connectivity index (χ2n) is 11.2. The molecule has 0 aromatic heterocycles. The summed E-state index contributed by atoms with van der Waals surface area (Å²) >= 11 is 5.42. The fourth-order valence-electron chi connectivity index (χ4n) is 6.69. The summed E-state index contributed by atoms with van der Waals surface area (Å²) in [5.74, 6) is -1.12. The summed E-state index contributed by atoms with van der Waals surface area (Å²) in [7, 11) is 0. The molecule has 3 fully saturated rings. The van der Waals surface area contributed by atoms with E-state index in [-0.39, 0.29) is 46.4 Å². The molecule has 1 aromatic rings. The van der Waals surface area contributed by atoms with E-state index < -0.39 is 28.7 Å². The van der Waals surface area contributed by atoms with Crippen LogP contribution in [-0.4, -0.2) is 73.9 Å². The molecule has 8 nitrogen and oxygen atoms in total. The quantitative estimate of drug-likeness (QED) is 0.301. The lowest BCUT2D eigenvalue weighted by Gasteiger charge is -2.39. The van der Waals surface area contributed by atoms with Gasteiger partial charge in [0, 0.05) is 21.8 Å². The Kier molecular flexibility index (Phi) is 9.59. The highest BCUT2D eigenvalue weighted by molar-refractivity contribution is 9.09. The summed E-state index contributed by atoms with van der Waals surface area (Å²) in [6, 6.07) is 5.92. The zero-order chi connectivity index (χ0) is 28.5. The van der Waals surface area contributed by atoms with E-state index in [0.717, 1.165) is 25.0 Å². The highest BCUT2D eigenvalue weighted by atomic mass is 79.9. The molecule has 3 aliphatic heterocycles. The highest BCUT2D eigenvalue weighted by Crippen LogP contribution is 2.68. The fourth-order valence-corrected chi connectivity index (χ4v) is 10.3. The van der Waals surface area contributed by atoms with E-state index in [2.05, 4.69) is 33.5 Å². The smallest absolute Gasteiger partial charge is 0.244 e. The van der Waals surface area contributed by atoms with E-state index in [1.165, 1.54) is 0 Å². The van der Waals surface area contributed by atoms with Gasteiger partial charge < -0.3 is 25.4 Å². The average molecular weight is 625 g/mol. The van der Waals surface area contributed by atoms with Crippen LogP contribution < -0.4 is 15.4 Å². The molecule has 0 saturated carbocycles. The van der Waals surface area contributed by atoms with Gasteiger partial charge in [0.15, 0.2) is 0 Å². The van der Waals surface area contributed by atoms with Crippen LogP contribution in [0.25, 0.3) is 0 Å². The van der Waals surface area contributed by atoms with Crippen LogP contribution in [0.4, 0.5) is 5.69 Å². The number of ether oxygens (including phenoxy) is 1. The average Bonchev–Trinajstić information content (AvgIpc) is 3.49. The Balaban J connectivity index is 1.69. The predicted molar refractivity (Wildman–Crippen MR) is 158 cm³/mol. The molecule has 3 saturated heterocycles. The van der Waals surface area contributed by atoms with Crippen LogP contribution in [0.15, 0.2) is 24.3 Å². The lowest BCUT2D eigenvalue weighted by Crippen LogP contribution is -2.59. The normalized spacial score (nSPS) is 31.5. The third-order valence-electron chi connectivity index (χ3n) is 8.67. The van der Waals surface area contributed by atoms with Gasteiger partial charge in [-0.1, -0.05) is 49.5 Å². The number of carbonyl (C=O) groups excluding carboxylic acids is 3. The van der Waals surface area contributed by atoms with E-state index in [9.17, 15) is 19.5 Å². The molecule has 3 heterocycles. The number of benzene rings is 1. The number of rotatable bonds is 12. The van der Waals surface area contributed by atoms with Gasteiger partial charge in [0.05, 0.1) is 35.8 Å². The summed E-state index contributed by atoms with van der Waals surface area (Å²) in [6.45, 7) is 10.3. The van der Waals surface area contributed by atoms with Gasteiger partial charge >= 0.3 is 0 Å². The molecule has 39 heavy (non-hydrogen) atoms. The number of hydrogen-bond acceptors (Lipinski definition) is 6. The van der Waals surface area contributed by atoms with Crippen molar-refractivity contribution in [3.05, 3.63) is 24.3 Å². The molecule has 3 amide bonds. The number of nitrogens with one attached hydrogen (secondary N) is 2. The molecule has 0 aliphatic carbocycles. The number of hydrogen-bond donors (Lipinski definition) is 3. The van der Waals surface area contributed by atoms with Gasteiger partial charge in [-0.05, 0) is 56.9 Å². The number of likely N-dealkylation sites (tertiary alicyclic amines) is 1. The minimum atomic E-state index is -0.751. The zero-order valence-electron chi connectivity index (χ0n) is 23.5. The van der Waals surface area contributed by atoms with Crippen molar-refractivity contribution in [2.24, 2.45) is 17.8 Å². The summed E-state index contributed by atoms with van der Waals surface area (Å²) in [6.07, 6.45) is 3.14. The Labute approximate surface area is 244 Å². The number of alkyl halides is 1. The van der Waals surface area contributed by atoms with E-state index >= 15 is 0 Å². The van der Waals surface area contributed by atoms with Gasteiger partial charge in [0.2, 0.25) is 17.7 Å². The van der Waals surface area contributed by atoms with Gasteiger partial charge in [-0.25, -0.2) is 0 Å². The Hall–Kier alpha value is -1.78. The monoisotopic (exact) mass is 623 g/mol. The second-order valence-corrected chi connectivity index (χ2v) is 13.9. The van der Waals surface area contributed by atoms with E-state index in [4.69, 9.17) is 4.74 Å². The Morgan fingerprint density at radius 2 is 1.90 bits per heavy atom. The van der Waals surface area contributed by atoms with Crippen LogP contribution in [0.1, 0.15) is 60.3 Å². The first-order valence-electron chi connectivity index (χ1n) is 14.2. The van der Waals surface area contributed by atoms with Crippen LogP contribution in [0.5, 0.6) is 5.75 Å². The number of thioether (sulfide) groups is 1. The van der Waals surface area contributed by atoms with Crippen molar-refractivity contribution in [2.45, 2.75) is 93.3 Å². The summed E-state index contributed by atoms with van der Waals surface area (Å²) in [4.78, 5) is 43.8. The van der Waals surface area contributed by atoms with Crippen molar-refractivity contribution in [1.29, 1.82) is 0 Å². The third kappa shape index (κ3) is 5.45. The second kappa shape index (κ2) is 12.4. The first-order valence-corrected chi connectivity index (χ1v) is 16.0.